The summed E-state index contributed by atoms with van der Waals surface area (Å²) in [4.78, 5) is 28.1. The molecule has 1 N–H and O–H groups in total. The molecule has 0 aromatic heterocycles. The Kier molecular flexibility index (Phi) is 9.57. The average Bonchev–Trinajstić information content (AvgIpc) is 2.79. The zero-order chi connectivity index (χ0) is 22.8. The fourth-order valence-electron chi connectivity index (χ4n) is 3.68. The van der Waals surface area contributed by atoms with E-state index in [1.54, 1.807) is 36.4 Å². The van der Waals surface area contributed by atoms with Crippen LogP contribution in [0.15, 0.2) is 42.5 Å². The van der Waals surface area contributed by atoms with Gasteiger partial charge in [0, 0.05) is 30.4 Å². The minimum absolute atomic E-state index is 0.0939. The summed E-state index contributed by atoms with van der Waals surface area (Å²) in [7, 11) is 0. The first-order valence-corrected chi connectivity index (χ1v) is 11.4. The molecule has 0 radical (unpaired) electrons. The van der Waals surface area contributed by atoms with Crippen molar-refractivity contribution in [3.05, 3.63) is 59.2 Å². The van der Waals surface area contributed by atoms with Crippen LogP contribution in [-0.2, 0) is 4.74 Å². The topological polar surface area (TPSA) is 66.8 Å². The standard InChI is InChI=1S/C26H35NO4/c1-5-9-10-13-20(6-2)31-26(30)22-15-12-11-14-21(22)25(29)23-17-16-19(18-24(23)28)27(7-3)8-4/h11-12,14-18,20,28H,5-10,13H2,1-4H3. The summed E-state index contributed by atoms with van der Waals surface area (Å²) in [6.45, 7) is 9.80. The summed E-state index contributed by atoms with van der Waals surface area (Å²) < 4.78 is 5.71. The van der Waals surface area contributed by atoms with Crippen molar-refractivity contribution in [2.24, 2.45) is 0 Å². The van der Waals surface area contributed by atoms with Gasteiger partial charge < -0.3 is 14.7 Å². The number of ketones is 1. The molecule has 1 atom stereocenters. The van der Waals surface area contributed by atoms with Crippen molar-refractivity contribution in [2.45, 2.75) is 65.9 Å². The predicted octanol–water partition coefficient (Wildman–Crippen LogP) is 5.99. The van der Waals surface area contributed by atoms with E-state index in [-0.39, 0.29) is 28.5 Å². The van der Waals surface area contributed by atoms with Crippen molar-refractivity contribution in [3.8, 4) is 5.75 Å². The molecule has 0 aliphatic carbocycles. The lowest BCUT2D eigenvalue weighted by Crippen LogP contribution is -2.22. The number of hydrogen-bond donors (Lipinski definition) is 1. The molecule has 5 heteroatoms. The van der Waals surface area contributed by atoms with Crippen LogP contribution in [0.25, 0.3) is 0 Å². The molecule has 5 nitrogen and oxygen atoms in total. The summed E-state index contributed by atoms with van der Waals surface area (Å²) in [6, 6.07) is 11.7. The Hall–Kier alpha value is -2.82. The number of ether oxygens (including phenoxy) is 1. The molecule has 0 amide bonds. The van der Waals surface area contributed by atoms with Crippen molar-refractivity contribution in [2.75, 3.05) is 18.0 Å². The number of rotatable bonds is 12. The van der Waals surface area contributed by atoms with E-state index in [1.165, 1.54) is 0 Å². The zero-order valence-corrected chi connectivity index (χ0v) is 19.2. The van der Waals surface area contributed by atoms with Crippen LogP contribution in [0.3, 0.4) is 0 Å². The average molecular weight is 426 g/mol. The van der Waals surface area contributed by atoms with Gasteiger partial charge in [-0.3, -0.25) is 4.79 Å². The zero-order valence-electron chi connectivity index (χ0n) is 19.2. The first-order valence-electron chi connectivity index (χ1n) is 11.4. The Balaban J connectivity index is 2.26. The van der Waals surface area contributed by atoms with E-state index >= 15 is 0 Å². The molecule has 2 aromatic carbocycles. The summed E-state index contributed by atoms with van der Waals surface area (Å²) in [6.07, 6.45) is 4.61. The molecule has 0 aliphatic heterocycles. The van der Waals surface area contributed by atoms with E-state index in [2.05, 4.69) is 11.8 Å². The van der Waals surface area contributed by atoms with Crippen LogP contribution in [0.4, 0.5) is 5.69 Å². The van der Waals surface area contributed by atoms with Crippen molar-refractivity contribution < 1.29 is 19.4 Å². The minimum Gasteiger partial charge on any atom is -0.507 e. The first-order chi connectivity index (χ1) is 15.0. The smallest absolute Gasteiger partial charge is 0.339 e. The van der Waals surface area contributed by atoms with Gasteiger partial charge in [-0.05, 0) is 51.3 Å². The molecule has 0 spiro atoms. The van der Waals surface area contributed by atoms with Crippen LogP contribution in [0.1, 0.15) is 86.1 Å². The Bertz CT molecular complexity index is 873. The lowest BCUT2D eigenvalue weighted by atomic mass is 9.97. The van der Waals surface area contributed by atoms with E-state index in [0.29, 0.717) is 0 Å². The van der Waals surface area contributed by atoms with E-state index in [1.807, 2.05) is 26.8 Å². The molecule has 1 unspecified atom stereocenters. The van der Waals surface area contributed by atoms with E-state index in [9.17, 15) is 14.7 Å². The molecular weight excluding hydrogens is 390 g/mol. The summed E-state index contributed by atoms with van der Waals surface area (Å²) >= 11 is 0. The SMILES string of the molecule is CCCCCC(CC)OC(=O)c1ccccc1C(=O)c1ccc(N(CC)CC)cc1O. The van der Waals surface area contributed by atoms with Gasteiger partial charge in [-0.1, -0.05) is 44.9 Å². The van der Waals surface area contributed by atoms with Crippen LogP contribution < -0.4 is 4.90 Å². The van der Waals surface area contributed by atoms with Crippen LogP contribution in [0.2, 0.25) is 0 Å². The second-order valence-electron chi connectivity index (χ2n) is 7.68. The highest BCUT2D eigenvalue weighted by Gasteiger charge is 2.23. The number of unbranched alkanes of at least 4 members (excludes halogenated alkanes) is 2. The maximum Gasteiger partial charge on any atom is 0.339 e. The Morgan fingerprint density at radius 2 is 1.61 bits per heavy atom. The fraction of sp³-hybridized carbons (Fsp3) is 0.462. The summed E-state index contributed by atoms with van der Waals surface area (Å²) in [5.41, 5.74) is 1.49. The molecule has 0 heterocycles. The molecule has 0 bridgehead atoms. The summed E-state index contributed by atoms with van der Waals surface area (Å²) in [5, 5.41) is 10.5. The third kappa shape index (κ3) is 6.33. The number of phenols is 1. The number of hydrogen-bond acceptors (Lipinski definition) is 5. The van der Waals surface area contributed by atoms with E-state index < -0.39 is 11.8 Å². The van der Waals surface area contributed by atoms with E-state index in [0.717, 1.165) is 50.9 Å². The number of carbonyl (C=O) groups excluding carboxylic acids is 2. The van der Waals surface area contributed by atoms with Crippen LogP contribution in [0.5, 0.6) is 5.75 Å². The number of carbonyl (C=O) groups is 2. The lowest BCUT2D eigenvalue weighted by Gasteiger charge is -2.21. The van der Waals surface area contributed by atoms with E-state index in [4.69, 9.17) is 4.74 Å². The largest absolute Gasteiger partial charge is 0.507 e. The fourth-order valence-corrected chi connectivity index (χ4v) is 3.68. The maximum absolute atomic E-state index is 13.2. The number of anilines is 1. The van der Waals surface area contributed by atoms with Gasteiger partial charge in [0.25, 0.3) is 0 Å². The molecular formula is C26H35NO4. The van der Waals surface area contributed by atoms with Gasteiger partial charge in [-0.2, -0.15) is 0 Å². The number of aromatic hydroxyl groups is 1. The Morgan fingerprint density at radius 1 is 0.935 bits per heavy atom. The molecule has 2 rings (SSSR count). The van der Waals surface area contributed by atoms with Gasteiger partial charge in [0.2, 0.25) is 0 Å². The van der Waals surface area contributed by atoms with Gasteiger partial charge in [0.15, 0.2) is 5.78 Å². The second-order valence-corrected chi connectivity index (χ2v) is 7.68. The maximum atomic E-state index is 13.2. The molecule has 2 aromatic rings. The predicted molar refractivity (Wildman–Crippen MR) is 125 cm³/mol. The van der Waals surface area contributed by atoms with Crippen LogP contribution in [0, 0.1) is 0 Å². The Morgan fingerprint density at radius 3 is 2.19 bits per heavy atom. The van der Waals surface area contributed by atoms with Crippen LogP contribution in [-0.4, -0.2) is 36.1 Å². The molecule has 0 fully saturated rings. The van der Waals surface area contributed by atoms with Crippen molar-refractivity contribution in [1.29, 1.82) is 0 Å². The molecule has 31 heavy (non-hydrogen) atoms. The van der Waals surface area contributed by atoms with Gasteiger partial charge in [0.05, 0.1) is 11.1 Å². The van der Waals surface area contributed by atoms with Gasteiger partial charge in [-0.25, -0.2) is 4.79 Å². The van der Waals surface area contributed by atoms with Crippen molar-refractivity contribution in [3.63, 3.8) is 0 Å². The number of nitrogens with zero attached hydrogens (tertiary/aromatic N) is 1. The van der Waals surface area contributed by atoms with Gasteiger partial charge >= 0.3 is 5.97 Å². The normalized spacial score (nSPS) is 11.7. The number of phenolic OH excluding ortho intramolecular Hbond substituents is 1. The Labute approximate surface area is 186 Å². The van der Waals surface area contributed by atoms with Gasteiger partial charge in [-0.15, -0.1) is 0 Å². The van der Waals surface area contributed by atoms with Crippen LogP contribution >= 0.6 is 0 Å². The summed E-state index contributed by atoms with van der Waals surface area (Å²) in [5.74, 6) is -0.981. The van der Waals surface area contributed by atoms with Gasteiger partial charge in [0.1, 0.15) is 11.9 Å². The third-order valence-corrected chi connectivity index (χ3v) is 5.60. The third-order valence-electron chi connectivity index (χ3n) is 5.60. The number of benzene rings is 2. The highest BCUT2D eigenvalue weighted by Crippen LogP contribution is 2.28. The van der Waals surface area contributed by atoms with Crippen molar-refractivity contribution in [1.82, 2.24) is 0 Å². The monoisotopic (exact) mass is 425 g/mol. The highest BCUT2D eigenvalue weighted by molar-refractivity contribution is 6.15. The highest BCUT2D eigenvalue weighted by atomic mass is 16.5. The first kappa shape index (κ1) is 24.4. The molecule has 0 aliphatic rings. The second kappa shape index (κ2) is 12.1. The number of esters is 1. The lowest BCUT2D eigenvalue weighted by molar-refractivity contribution is 0.0265. The quantitative estimate of drug-likeness (QED) is 0.257. The van der Waals surface area contributed by atoms with Crippen molar-refractivity contribution >= 4 is 17.4 Å². The minimum atomic E-state index is -0.494. The molecule has 0 saturated heterocycles. The molecule has 0 saturated carbocycles. The molecule has 168 valence electrons.